The first-order valence-corrected chi connectivity index (χ1v) is 9.39. The first-order chi connectivity index (χ1) is 13.2. The Morgan fingerprint density at radius 3 is 2.61 bits per heavy atom. The Labute approximate surface area is 184 Å². The van der Waals surface area contributed by atoms with Gasteiger partial charge >= 0.3 is 0 Å². The number of guanidine groups is 1. The van der Waals surface area contributed by atoms with Gasteiger partial charge in [-0.2, -0.15) is 0 Å². The summed E-state index contributed by atoms with van der Waals surface area (Å²) in [7, 11) is 0. The van der Waals surface area contributed by atoms with E-state index < -0.39 is 0 Å². The molecule has 0 radical (unpaired) electrons. The molecule has 6 nitrogen and oxygen atoms in total. The monoisotopic (exact) mass is 496 g/mol. The SMILES string of the molecule is CC(CN=C(N)Nc1cccc(Oc2ccccc2)c1)CN1CCOCC1.I. The number of anilines is 1. The van der Waals surface area contributed by atoms with Crippen LogP contribution in [0.25, 0.3) is 0 Å². The van der Waals surface area contributed by atoms with Crippen molar-refractivity contribution in [3.8, 4) is 11.5 Å². The van der Waals surface area contributed by atoms with Gasteiger partial charge in [0.1, 0.15) is 11.5 Å². The molecule has 2 aromatic carbocycles. The highest BCUT2D eigenvalue weighted by molar-refractivity contribution is 14.0. The Morgan fingerprint density at radius 2 is 1.86 bits per heavy atom. The fourth-order valence-corrected chi connectivity index (χ4v) is 2.99. The minimum Gasteiger partial charge on any atom is -0.457 e. The summed E-state index contributed by atoms with van der Waals surface area (Å²) in [4.78, 5) is 6.90. The van der Waals surface area contributed by atoms with Crippen molar-refractivity contribution in [2.75, 3.05) is 44.7 Å². The molecule has 0 amide bonds. The first kappa shape index (κ1) is 22.4. The van der Waals surface area contributed by atoms with Gasteiger partial charge in [0, 0.05) is 37.9 Å². The number of nitrogens with zero attached hydrogens (tertiary/aromatic N) is 2. The van der Waals surface area contributed by atoms with Gasteiger partial charge in [-0.15, -0.1) is 24.0 Å². The summed E-state index contributed by atoms with van der Waals surface area (Å²) in [5.74, 6) is 2.41. The zero-order valence-corrected chi connectivity index (χ0v) is 18.5. The molecule has 152 valence electrons. The fraction of sp³-hybridized carbons (Fsp3) is 0.381. The molecular formula is C21H29IN4O2. The minimum absolute atomic E-state index is 0. The molecule has 2 aromatic rings. The smallest absolute Gasteiger partial charge is 0.193 e. The first-order valence-electron chi connectivity index (χ1n) is 9.39. The molecule has 28 heavy (non-hydrogen) atoms. The van der Waals surface area contributed by atoms with Crippen LogP contribution in [-0.2, 0) is 4.74 Å². The molecule has 1 heterocycles. The van der Waals surface area contributed by atoms with Crippen LogP contribution in [0.3, 0.4) is 0 Å². The van der Waals surface area contributed by atoms with E-state index in [-0.39, 0.29) is 24.0 Å². The van der Waals surface area contributed by atoms with Crippen LogP contribution in [0.4, 0.5) is 5.69 Å². The third-order valence-corrected chi connectivity index (χ3v) is 4.33. The van der Waals surface area contributed by atoms with Gasteiger partial charge in [0.25, 0.3) is 0 Å². The number of hydrogen-bond donors (Lipinski definition) is 2. The van der Waals surface area contributed by atoms with Crippen molar-refractivity contribution in [3.05, 3.63) is 54.6 Å². The molecule has 7 heteroatoms. The van der Waals surface area contributed by atoms with E-state index in [1.165, 1.54) is 0 Å². The Bertz CT molecular complexity index is 736. The van der Waals surface area contributed by atoms with Crippen molar-refractivity contribution in [2.45, 2.75) is 6.92 Å². The van der Waals surface area contributed by atoms with Crippen molar-refractivity contribution in [1.29, 1.82) is 0 Å². The lowest BCUT2D eigenvalue weighted by Gasteiger charge is -2.28. The van der Waals surface area contributed by atoms with Crippen molar-refractivity contribution in [3.63, 3.8) is 0 Å². The van der Waals surface area contributed by atoms with Crippen molar-refractivity contribution in [2.24, 2.45) is 16.6 Å². The van der Waals surface area contributed by atoms with Gasteiger partial charge in [0.15, 0.2) is 5.96 Å². The van der Waals surface area contributed by atoms with Gasteiger partial charge in [0.05, 0.1) is 13.2 Å². The largest absolute Gasteiger partial charge is 0.457 e. The topological polar surface area (TPSA) is 72.1 Å². The number of nitrogens with one attached hydrogen (secondary N) is 1. The van der Waals surface area contributed by atoms with Crippen LogP contribution in [0.1, 0.15) is 6.92 Å². The van der Waals surface area contributed by atoms with Gasteiger partial charge in [-0.25, -0.2) is 0 Å². The highest BCUT2D eigenvalue weighted by Gasteiger charge is 2.13. The molecule has 0 bridgehead atoms. The highest BCUT2D eigenvalue weighted by Crippen LogP contribution is 2.23. The predicted octanol–water partition coefficient (Wildman–Crippen LogP) is 3.79. The highest BCUT2D eigenvalue weighted by atomic mass is 127. The predicted molar refractivity (Wildman–Crippen MR) is 125 cm³/mol. The lowest BCUT2D eigenvalue weighted by Crippen LogP contribution is -2.39. The average Bonchev–Trinajstić information content (AvgIpc) is 2.68. The summed E-state index contributed by atoms with van der Waals surface area (Å²) in [5.41, 5.74) is 6.91. The number of aliphatic imine (C=N–C) groups is 1. The Hall–Kier alpha value is -1.84. The molecule has 0 saturated carbocycles. The lowest BCUT2D eigenvalue weighted by atomic mass is 10.1. The molecule has 3 N–H and O–H groups in total. The molecule has 1 aliphatic rings. The fourth-order valence-electron chi connectivity index (χ4n) is 2.99. The maximum Gasteiger partial charge on any atom is 0.193 e. The van der Waals surface area contributed by atoms with E-state index in [0.29, 0.717) is 18.4 Å². The molecule has 1 saturated heterocycles. The molecular weight excluding hydrogens is 467 g/mol. The van der Waals surface area contributed by atoms with Gasteiger partial charge in [0.2, 0.25) is 0 Å². The normalized spacial score (nSPS) is 16.1. The van der Waals surface area contributed by atoms with Crippen molar-refractivity contribution >= 4 is 35.6 Å². The molecule has 3 rings (SSSR count). The summed E-state index contributed by atoms with van der Waals surface area (Å²) in [6.45, 7) is 7.53. The molecule has 1 unspecified atom stereocenters. The summed E-state index contributed by atoms with van der Waals surface area (Å²) in [5, 5.41) is 3.14. The third kappa shape index (κ3) is 7.65. The second-order valence-electron chi connectivity index (χ2n) is 6.81. The number of nitrogens with two attached hydrogens (primary N) is 1. The number of halogens is 1. The number of benzene rings is 2. The van der Waals surface area contributed by atoms with E-state index >= 15 is 0 Å². The van der Waals surface area contributed by atoms with Crippen LogP contribution < -0.4 is 15.8 Å². The number of para-hydroxylation sites is 1. The standard InChI is InChI=1S/C21H28N4O2.HI/c1-17(16-25-10-12-26-13-11-25)15-23-21(22)24-18-6-5-9-20(14-18)27-19-7-3-2-4-8-19;/h2-9,14,17H,10-13,15-16H2,1H3,(H3,22,23,24);1H. The van der Waals surface area contributed by atoms with E-state index in [2.05, 4.69) is 22.1 Å². The van der Waals surface area contributed by atoms with Crippen molar-refractivity contribution < 1.29 is 9.47 Å². The maximum atomic E-state index is 6.05. The van der Waals surface area contributed by atoms with E-state index in [0.717, 1.165) is 50.0 Å². The second-order valence-corrected chi connectivity index (χ2v) is 6.81. The maximum absolute atomic E-state index is 6.05. The van der Waals surface area contributed by atoms with Crippen LogP contribution in [-0.4, -0.2) is 50.3 Å². The van der Waals surface area contributed by atoms with Gasteiger partial charge in [-0.3, -0.25) is 9.89 Å². The third-order valence-electron chi connectivity index (χ3n) is 4.33. The van der Waals surface area contributed by atoms with E-state index in [1.54, 1.807) is 0 Å². The molecule has 0 aliphatic carbocycles. The molecule has 1 fully saturated rings. The van der Waals surface area contributed by atoms with E-state index in [9.17, 15) is 0 Å². The van der Waals surface area contributed by atoms with Crippen LogP contribution in [0.15, 0.2) is 59.6 Å². The van der Waals surface area contributed by atoms with Gasteiger partial charge in [-0.1, -0.05) is 31.2 Å². The van der Waals surface area contributed by atoms with Gasteiger partial charge in [-0.05, 0) is 30.2 Å². The van der Waals surface area contributed by atoms with E-state index in [1.807, 2.05) is 54.6 Å². The van der Waals surface area contributed by atoms with Crippen LogP contribution in [0.5, 0.6) is 11.5 Å². The lowest BCUT2D eigenvalue weighted by molar-refractivity contribution is 0.0323. The van der Waals surface area contributed by atoms with Crippen LogP contribution in [0.2, 0.25) is 0 Å². The van der Waals surface area contributed by atoms with E-state index in [4.69, 9.17) is 15.2 Å². The average molecular weight is 496 g/mol. The molecule has 1 atom stereocenters. The molecule has 1 aliphatic heterocycles. The Kier molecular flexibility index (Phi) is 9.52. The number of ether oxygens (including phenoxy) is 2. The molecule has 0 spiro atoms. The zero-order valence-electron chi connectivity index (χ0n) is 16.2. The number of rotatable bonds is 7. The summed E-state index contributed by atoms with van der Waals surface area (Å²) in [6, 6.07) is 17.4. The van der Waals surface area contributed by atoms with Gasteiger partial charge < -0.3 is 20.5 Å². The number of morpholine rings is 1. The summed E-state index contributed by atoms with van der Waals surface area (Å²) >= 11 is 0. The quantitative estimate of drug-likeness (QED) is 0.347. The zero-order chi connectivity index (χ0) is 18.9. The summed E-state index contributed by atoms with van der Waals surface area (Å²) < 4.78 is 11.2. The summed E-state index contributed by atoms with van der Waals surface area (Å²) in [6.07, 6.45) is 0. The number of hydrogen-bond acceptors (Lipinski definition) is 4. The Morgan fingerprint density at radius 1 is 1.14 bits per heavy atom. The van der Waals surface area contributed by atoms with Crippen molar-refractivity contribution in [1.82, 2.24) is 4.90 Å². The minimum atomic E-state index is 0. The molecule has 0 aromatic heterocycles. The van der Waals surface area contributed by atoms with Crippen LogP contribution >= 0.6 is 24.0 Å². The second kappa shape index (κ2) is 11.9. The van der Waals surface area contributed by atoms with Crippen LogP contribution in [0, 0.1) is 5.92 Å². The Balaban J connectivity index is 0.00000280.